The average Bonchev–Trinajstić information content (AvgIpc) is 2.65. The molecule has 0 fully saturated rings. The van der Waals surface area contributed by atoms with Crippen LogP contribution in [0.25, 0.3) is 5.69 Å². The first-order valence-corrected chi connectivity index (χ1v) is 4.21. The SMILES string of the molecule is N#Cc1nccn1-c1ccc(F)cc1N. The van der Waals surface area contributed by atoms with Crippen LogP contribution in [0.4, 0.5) is 10.1 Å². The quantitative estimate of drug-likeness (QED) is 0.712. The molecule has 0 saturated carbocycles. The number of nitrogens with two attached hydrogens (primary N) is 1. The van der Waals surface area contributed by atoms with Gasteiger partial charge >= 0.3 is 0 Å². The maximum atomic E-state index is 12.8. The third-order valence-electron chi connectivity index (χ3n) is 1.99. The van der Waals surface area contributed by atoms with Crippen molar-refractivity contribution in [2.24, 2.45) is 0 Å². The molecule has 0 unspecified atom stereocenters. The molecule has 15 heavy (non-hydrogen) atoms. The largest absolute Gasteiger partial charge is 0.397 e. The van der Waals surface area contributed by atoms with Crippen LogP contribution in [-0.4, -0.2) is 9.55 Å². The lowest BCUT2D eigenvalue weighted by Crippen LogP contribution is -2.01. The lowest BCUT2D eigenvalue weighted by molar-refractivity contribution is 0.628. The van der Waals surface area contributed by atoms with Gasteiger partial charge in [-0.2, -0.15) is 5.26 Å². The van der Waals surface area contributed by atoms with Gasteiger partial charge in [0.2, 0.25) is 5.82 Å². The van der Waals surface area contributed by atoms with Gasteiger partial charge in [0, 0.05) is 12.4 Å². The van der Waals surface area contributed by atoms with Gasteiger partial charge in [-0.25, -0.2) is 9.37 Å². The zero-order chi connectivity index (χ0) is 10.8. The molecule has 4 nitrogen and oxygen atoms in total. The summed E-state index contributed by atoms with van der Waals surface area (Å²) >= 11 is 0. The first-order valence-electron chi connectivity index (χ1n) is 4.21. The van der Waals surface area contributed by atoms with E-state index in [1.807, 2.05) is 6.07 Å². The van der Waals surface area contributed by atoms with Crippen molar-refractivity contribution in [3.63, 3.8) is 0 Å². The molecule has 0 amide bonds. The molecule has 0 aliphatic rings. The van der Waals surface area contributed by atoms with Crippen LogP contribution in [0.3, 0.4) is 0 Å². The molecule has 0 saturated heterocycles. The Morgan fingerprint density at radius 3 is 2.93 bits per heavy atom. The van der Waals surface area contributed by atoms with Crippen molar-refractivity contribution in [1.82, 2.24) is 9.55 Å². The predicted molar refractivity (Wildman–Crippen MR) is 52.6 cm³/mol. The van der Waals surface area contributed by atoms with Crippen LogP contribution in [0.2, 0.25) is 0 Å². The number of imidazole rings is 1. The molecule has 0 atom stereocenters. The Morgan fingerprint density at radius 2 is 2.27 bits per heavy atom. The summed E-state index contributed by atoms with van der Waals surface area (Å²) in [6, 6.07) is 5.91. The molecular formula is C10H7FN4. The van der Waals surface area contributed by atoms with Gasteiger partial charge in [0.25, 0.3) is 0 Å². The monoisotopic (exact) mass is 202 g/mol. The van der Waals surface area contributed by atoms with Crippen molar-refractivity contribution in [1.29, 1.82) is 5.26 Å². The maximum Gasteiger partial charge on any atom is 0.217 e. The first kappa shape index (κ1) is 9.21. The van der Waals surface area contributed by atoms with Gasteiger partial charge in [0.15, 0.2) is 0 Å². The van der Waals surface area contributed by atoms with Crippen molar-refractivity contribution in [3.05, 3.63) is 42.2 Å². The molecule has 0 radical (unpaired) electrons. The van der Waals surface area contributed by atoms with Crippen molar-refractivity contribution >= 4 is 5.69 Å². The van der Waals surface area contributed by atoms with Crippen molar-refractivity contribution in [2.45, 2.75) is 0 Å². The van der Waals surface area contributed by atoms with E-state index < -0.39 is 5.82 Å². The minimum atomic E-state index is -0.408. The van der Waals surface area contributed by atoms with Gasteiger partial charge in [-0.05, 0) is 18.2 Å². The van der Waals surface area contributed by atoms with Gasteiger partial charge in [-0.15, -0.1) is 0 Å². The number of nitrogens with zero attached hydrogens (tertiary/aromatic N) is 3. The number of aromatic nitrogens is 2. The lowest BCUT2D eigenvalue weighted by atomic mass is 10.2. The molecule has 2 N–H and O–H groups in total. The molecular weight excluding hydrogens is 195 g/mol. The van der Waals surface area contributed by atoms with E-state index in [-0.39, 0.29) is 11.5 Å². The van der Waals surface area contributed by atoms with E-state index in [2.05, 4.69) is 4.98 Å². The highest BCUT2D eigenvalue weighted by atomic mass is 19.1. The average molecular weight is 202 g/mol. The molecule has 2 rings (SSSR count). The van der Waals surface area contributed by atoms with E-state index in [1.54, 1.807) is 6.20 Å². The van der Waals surface area contributed by atoms with E-state index in [0.717, 1.165) is 0 Å². The Bertz CT molecular complexity index is 539. The zero-order valence-corrected chi connectivity index (χ0v) is 7.68. The van der Waals surface area contributed by atoms with Crippen LogP contribution in [0.1, 0.15) is 5.82 Å². The fourth-order valence-electron chi connectivity index (χ4n) is 1.33. The van der Waals surface area contributed by atoms with E-state index >= 15 is 0 Å². The number of rotatable bonds is 1. The Morgan fingerprint density at radius 1 is 1.47 bits per heavy atom. The van der Waals surface area contributed by atoms with Gasteiger partial charge in [-0.1, -0.05) is 0 Å². The number of nitriles is 1. The van der Waals surface area contributed by atoms with Crippen molar-refractivity contribution in [3.8, 4) is 11.8 Å². The van der Waals surface area contributed by atoms with E-state index in [9.17, 15) is 4.39 Å². The minimum absolute atomic E-state index is 0.216. The maximum absolute atomic E-state index is 12.8. The van der Waals surface area contributed by atoms with Crippen molar-refractivity contribution < 1.29 is 4.39 Å². The highest BCUT2D eigenvalue weighted by Gasteiger charge is 2.07. The predicted octanol–water partition coefficient (Wildman–Crippen LogP) is 1.47. The van der Waals surface area contributed by atoms with E-state index in [0.29, 0.717) is 5.69 Å². The molecule has 5 heteroatoms. The second-order valence-corrected chi connectivity index (χ2v) is 2.94. The van der Waals surface area contributed by atoms with Crippen LogP contribution in [0.15, 0.2) is 30.6 Å². The Kier molecular flexibility index (Phi) is 2.10. The molecule has 1 aromatic heterocycles. The summed E-state index contributed by atoms with van der Waals surface area (Å²) in [7, 11) is 0. The molecule has 1 aromatic carbocycles. The van der Waals surface area contributed by atoms with E-state index in [4.69, 9.17) is 11.0 Å². The fourth-order valence-corrected chi connectivity index (χ4v) is 1.33. The van der Waals surface area contributed by atoms with E-state index in [1.165, 1.54) is 29.0 Å². The Labute approximate surface area is 85.4 Å². The van der Waals surface area contributed by atoms with Gasteiger partial charge < -0.3 is 5.73 Å². The third-order valence-corrected chi connectivity index (χ3v) is 1.99. The summed E-state index contributed by atoms with van der Waals surface area (Å²) in [5, 5.41) is 8.77. The molecule has 0 aliphatic heterocycles. The molecule has 0 bridgehead atoms. The van der Waals surface area contributed by atoms with Crippen molar-refractivity contribution in [2.75, 3.05) is 5.73 Å². The summed E-state index contributed by atoms with van der Waals surface area (Å²) in [4.78, 5) is 3.83. The van der Waals surface area contributed by atoms with Gasteiger partial charge in [0.05, 0.1) is 11.4 Å². The number of halogens is 1. The summed E-state index contributed by atoms with van der Waals surface area (Å²) in [6.07, 6.45) is 3.09. The molecule has 0 aliphatic carbocycles. The highest BCUT2D eigenvalue weighted by molar-refractivity contribution is 5.58. The summed E-state index contributed by atoms with van der Waals surface area (Å²) < 4.78 is 14.3. The molecule has 1 heterocycles. The number of hydrogen-bond donors (Lipinski definition) is 1. The van der Waals surface area contributed by atoms with Crippen LogP contribution < -0.4 is 5.73 Å². The summed E-state index contributed by atoms with van der Waals surface area (Å²) in [5.41, 5.74) is 6.45. The number of benzene rings is 1. The second-order valence-electron chi connectivity index (χ2n) is 2.94. The summed E-state index contributed by atoms with van der Waals surface area (Å²) in [6.45, 7) is 0. The number of anilines is 1. The third kappa shape index (κ3) is 1.53. The number of nitrogen functional groups attached to an aromatic ring is 1. The molecule has 2 aromatic rings. The van der Waals surface area contributed by atoms with Crippen LogP contribution in [0.5, 0.6) is 0 Å². The normalized spacial score (nSPS) is 9.87. The molecule has 0 spiro atoms. The number of hydrogen-bond acceptors (Lipinski definition) is 3. The zero-order valence-electron chi connectivity index (χ0n) is 7.68. The summed E-state index contributed by atoms with van der Waals surface area (Å²) in [5.74, 6) is -0.191. The Balaban J connectivity index is 2.60. The molecule has 74 valence electrons. The minimum Gasteiger partial charge on any atom is -0.397 e. The van der Waals surface area contributed by atoms with Crippen LogP contribution in [0, 0.1) is 17.1 Å². The fraction of sp³-hybridized carbons (Fsp3) is 0. The second kappa shape index (κ2) is 3.42. The first-order chi connectivity index (χ1) is 7.22. The smallest absolute Gasteiger partial charge is 0.217 e. The van der Waals surface area contributed by atoms with Crippen LogP contribution in [-0.2, 0) is 0 Å². The highest BCUT2D eigenvalue weighted by Crippen LogP contribution is 2.19. The Hall–Kier alpha value is -2.35. The van der Waals surface area contributed by atoms with Gasteiger partial charge in [-0.3, -0.25) is 4.57 Å². The van der Waals surface area contributed by atoms with Gasteiger partial charge in [0.1, 0.15) is 11.9 Å². The van der Waals surface area contributed by atoms with Crippen LogP contribution >= 0.6 is 0 Å². The topological polar surface area (TPSA) is 67.6 Å². The standard InChI is InChI=1S/C10H7FN4/c11-7-1-2-9(8(13)5-7)15-4-3-14-10(15)6-12/h1-5H,13H2. The lowest BCUT2D eigenvalue weighted by Gasteiger charge is -2.06.